The molecule has 1 aliphatic carbocycles. The minimum Gasteiger partial charge on any atom is -0.451 e. The number of ether oxygens (including phenoxy) is 1. The zero-order valence-electron chi connectivity index (χ0n) is 14.8. The number of amides is 4. The largest absolute Gasteiger partial charge is 0.451 e. The highest BCUT2D eigenvalue weighted by molar-refractivity contribution is 6.32. The summed E-state index contributed by atoms with van der Waals surface area (Å²) in [6.07, 6.45) is 2.03. The minimum absolute atomic E-state index is 0.0869. The second-order valence-corrected chi connectivity index (χ2v) is 7.12. The Morgan fingerprint density at radius 1 is 1.48 bits per heavy atom. The monoisotopic (exact) mass is 394 g/mol. The zero-order chi connectivity index (χ0) is 19.8. The number of urea groups is 1. The normalized spacial score (nSPS) is 23.0. The van der Waals surface area contributed by atoms with Crippen molar-refractivity contribution in [2.24, 2.45) is 5.92 Å². The van der Waals surface area contributed by atoms with Gasteiger partial charge in [-0.3, -0.25) is 19.3 Å². The molecule has 0 bridgehead atoms. The van der Waals surface area contributed by atoms with E-state index in [1.54, 1.807) is 19.1 Å². The number of aromatic nitrogens is 1. The number of carbonyl (C=O) groups excluding carboxylic acids is 4. The summed E-state index contributed by atoms with van der Waals surface area (Å²) >= 11 is 5.86. The van der Waals surface area contributed by atoms with E-state index < -0.39 is 42.0 Å². The topological polar surface area (TPSA) is 118 Å². The average Bonchev–Trinajstić information content (AvgIpc) is 3.43. The first-order valence-corrected chi connectivity index (χ1v) is 8.85. The van der Waals surface area contributed by atoms with Crippen molar-refractivity contribution in [1.29, 1.82) is 0 Å². The predicted octanol–water partition coefficient (Wildman–Crippen LogP) is 1.33. The predicted molar refractivity (Wildman–Crippen MR) is 94.8 cm³/mol. The van der Waals surface area contributed by atoms with Gasteiger partial charge in [0.2, 0.25) is 0 Å². The summed E-state index contributed by atoms with van der Waals surface area (Å²) in [5, 5.41) is 5.23. The van der Waals surface area contributed by atoms with Crippen molar-refractivity contribution in [1.82, 2.24) is 15.2 Å². The average molecular weight is 395 g/mol. The van der Waals surface area contributed by atoms with Crippen LogP contribution in [-0.2, 0) is 19.1 Å². The fourth-order valence-corrected chi connectivity index (χ4v) is 3.09. The van der Waals surface area contributed by atoms with Gasteiger partial charge in [-0.2, -0.15) is 0 Å². The minimum atomic E-state index is -1.15. The lowest BCUT2D eigenvalue weighted by atomic mass is 9.96. The van der Waals surface area contributed by atoms with Crippen LogP contribution < -0.4 is 10.6 Å². The molecule has 9 nitrogen and oxygen atoms in total. The number of hydrogen-bond donors (Lipinski definition) is 2. The van der Waals surface area contributed by atoms with Crippen LogP contribution >= 0.6 is 11.6 Å². The molecule has 1 aromatic heterocycles. The van der Waals surface area contributed by atoms with Gasteiger partial charge in [-0.05, 0) is 44.7 Å². The quantitative estimate of drug-likeness (QED) is 0.427. The van der Waals surface area contributed by atoms with Crippen molar-refractivity contribution in [3.63, 3.8) is 0 Å². The standard InChI is InChI=1S/C17H19ClN4O5/c1-9(14(24)20-11-4-3-7-19-13(11)18)27-12(23)8-22-15(25)17(2,10-5-6-10)21-16(22)26/h3-4,7,9-10H,5-6,8H2,1-2H3,(H,20,24)(H,21,26)/t9-,17+/m0/s1. The molecule has 1 saturated heterocycles. The molecular weight excluding hydrogens is 376 g/mol. The van der Waals surface area contributed by atoms with Gasteiger partial charge in [0.25, 0.3) is 11.8 Å². The lowest BCUT2D eigenvalue weighted by Crippen LogP contribution is -2.46. The van der Waals surface area contributed by atoms with Gasteiger partial charge in [-0.1, -0.05) is 11.6 Å². The van der Waals surface area contributed by atoms with Gasteiger partial charge in [0.15, 0.2) is 11.3 Å². The highest BCUT2D eigenvalue weighted by Crippen LogP contribution is 2.42. The summed E-state index contributed by atoms with van der Waals surface area (Å²) in [5.74, 6) is -1.84. The van der Waals surface area contributed by atoms with Gasteiger partial charge in [0, 0.05) is 6.20 Å². The lowest BCUT2D eigenvalue weighted by molar-refractivity contribution is -0.155. The molecule has 0 aromatic carbocycles. The molecule has 144 valence electrons. The molecule has 1 aromatic rings. The number of esters is 1. The Morgan fingerprint density at radius 3 is 2.81 bits per heavy atom. The van der Waals surface area contributed by atoms with E-state index in [-0.39, 0.29) is 16.8 Å². The van der Waals surface area contributed by atoms with Crippen LogP contribution in [0.5, 0.6) is 0 Å². The summed E-state index contributed by atoms with van der Waals surface area (Å²) < 4.78 is 5.04. The fourth-order valence-electron chi connectivity index (χ4n) is 2.93. The highest BCUT2D eigenvalue weighted by atomic mass is 35.5. The maximum Gasteiger partial charge on any atom is 0.327 e. The molecule has 2 aliphatic rings. The van der Waals surface area contributed by atoms with Crippen LogP contribution in [0.2, 0.25) is 5.15 Å². The first-order valence-electron chi connectivity index (χ1n) is 8.47. The van der Waals surface area contributed by atoms with Crippen molar-refractivity contribution >= 4 is 41.1 Å². The van der Waals surface area contributed by atoms with E-state index in [2.05, 4.69) is 15.6 Å². The van der Waals surface area contributed by atoms with Gasteiger partial charge in [0.1, 0.15) is 12.1 Å². The molecule has 1 saturated carbocycles. The molecule has 3 rings (SSSR count). The second-order valence-electron chi connectivity index (χ2n) is 6.76. The SMILES string of the molecule is C[C@H](OC(=O)CN1C(=O)N[C@](C)(C2CC2)C1=O)C(=O)Nc1cccnc1Cl. The van der Waals surface area contributed by atoms with Crippen molar-refractivity contribution in [2.75, 3.05) is 11.9 Å². The molecule has 2 N–H and O–H groups in total. The van der Waals surface area contributed by atoms with Crippen LogP contribution in [0.3, 0.4) is 0 Å². The van der Waals surface area contributed by atoms with E-state index in [1.165, 1.54) is 13.1 Å². The molecule has 4 amide bonds. The van der Waals surface area contributed by atoms with Crippen molar-refractivity contribution < 1.29 is 23.9 Å². The zero-order valence-corrected chi connectivity index (χ0v) is 15.6. The van der Waals surface area contributed by atoms with Crippen LogP contribution in [0.15, 0.2) is 18.3 Å². The number of nitrogens with one attached hydrogen (secondary N) is 2. The summed E-state index contributed by atoms with van der Waals surface area (Å²) in [6, 6.07) is 2.51. The summed E-state index contributed by atoms with van der Waals surface area (Å²) in [6.45, 7) is 2.47. The van der Waals surface area contributed by atoms with Gasteiger partial charge in [-0.25, -0.2) is 9.78 Å². The number of rotatable bonds is 6. The van der Waals surface area contributed by atoms with Crippen LogP contribution in [0.4, 0.5) is 10.5 Å². The Balaban J connectivity index is 1.55. The van der Waals surface area contributed by atoms with E-state index in [0.29, 0.717) is 0 Å². The first-order chi connectivity index (χ1) is 12.7. The third-order valence-electron chi connectivity index (χ3n) is 4.68. The Bertz CT molecular complexity index is 812. The molecule has 0 spiro atoms. The number of carbonyl (C=O) groups is 4. The Labute approximate surface area is 160 Å². The van der Waals surface area contributed by atoms with Crippen LogP contribution in [0.25, 0.3) is 0 Å². The van der Waals surface area contributed by atoms with Crippen molar-refractivity contribution in [3.8, 4) is 0 Å². The number of nitrogens with zero attached hydrogens (tertiary/aromatic N) is 2. The van der Waals surface area contributed by atoms with E-state index in [0.717, 1.165) is 17.7 Å². The Kier molecular flexibility index (Phi) is 5.05. The van der Waals surface area contributed by atoms with E-state index >= 15 is 0 Å². The van der Waals surface area contributed by atoms with Crippen LogP contribution in [0, 0.1) is 5.92 Å². The van der Waals surface area contributed by atoms with Crippen molar-refractivity contribution in [3.05, 3.63) is 23.5 Å². The highest BCUT2D eigenvalue weighted by Gasteiger charge is 2.56. The summed E-state index contributed by atoms with van der Waals surface area (Å²) in [7, 11) is 0. The maximum absolute atomic E-state index is 12.5. The van der Waals surface area contributed by atoms with Gasteiger partial charge < -0.3 is 15.4 Å². The third kappa shape index (κ3) is 3.87. The molecule has 2 heterocycles. The molecule has 27 heavy (non-hydrogen) atoms. The van der Waals surface area contributed by atoms with E-state index in [9.17, 15) is 19.2 Å². The van der Waals surface area contributed by atoms with Gasteiger partial charge in [-0.15, -0.1) is 0 Å². The molecule has 0 unspecified atom stereocenters. The number of imide groups is 1. The molecule has 10 heteroatoms. The number of hydrogen-bond acceptors (Lipinski definition) is 6. The number of halogens is 1. The van der Waals surface area contributed by atoms with Crippen molar-refractivity contribution in [2.45, 2.75) is 38.3 Å². The Hall–Kier alpha value is -2.68. The van der Waals surface area contributed by atoms with Crippen LogP contribution in [0.1, 0.15) is 26.7 Å². The second kappa shape index (κ2) is 7.15. The molecule has 2 fully saturated rings. The molecular formula is C17H19ClN4O5. The smallest absolute Gasteiger partial charge is 0.327 e. The lowest BCUT2D eigenvalue weighted by Gasteiger charge is -2.21. The van der Waals surface area contributed by atoms with Crippen LogP contribution in [-0.4, -0.2) is 51.9 Å². The van der Waals surface area contributed by atoms with E-state index in [4.69, 9.17) is 16.3 Å². The fraction of sp³-hybridized carbons (Fsp3) is 0.471. The third-order valence-corrected chi connectivity index (χ3v) is 4.98. The molecule has 1 aliphatic heterocycles. The molecule has 0 radical (unpaired) electrons. The maximum atomic E-state index is 12.5. The molecule has 2 atom stereocenters. The summed E-state index contributed by atoms with van der Waals surface area (Å²) in [5.41, 5.74) is -0.696. The van der Waals surface area contributed by atoms with Gasteiger partial charge >= 0.3 is 12.0 Å². The summed E-state index contributed by atoms with van der Waals surface area (Å²) in [4.78, 5) is 53.4. The Morgan fingerprint density at radius 2 is 2.19 bits per heavy atom. The number of pyridine rings is 1. The van der Waals surface area contributed by atoms with E-state index in [1.807, 2.05) is 0 Å². The number of anilines is 1. The van der Waals surface area contributed by atoms with Gasteiger partial charge in [0.05, 0.1) is 5.69 Å². The first kappa shape index (κ1) is 19.1.